The molecule has 0 unspecified atom stereocenters. The summed E-state index contributed by atoms with van der Waals surface area (Å²) in [5, 5.41) is 11.4. The molecule has 0 bridgehead atoms. The van der Waals surface area contributed by atoms with E-state index in [1.807, 2.05) is 0 Å². The van der Waals surface area contributed by atoms with Crippen molar-refractivity contribution in [3.8, 4) is 0 Å². The minimum atomic E-state index is -0.138. The van der Waals surface area contributed by atoms with Gasteiger partial charge in [0.15, 0.2) is 5.65 Å². The zero-order valence-electron chi connectivity index (χ0n) is 10.8. The van der Waals surface area contributed by atoms with Crippen molar-refractivity contribution in [3.63, 3.8) is 0 Å². The van der Waals surface area contributed by atoms with Crippen LogP contribution < -0.4 is 5.32 Å². The first-order valence-corrected chi connectivity index (χ1v) is 6.90. The topological polar surface area (TPSA) is 59.3 Å². The molecular weight excluding hydrogens is 311 g/mol. The fraction of sp³-hybridized carbons (Fsp3) is 0.0714. The van der Waals surface area contributed by atoms with Crippen molar-refractivity contribution in [2.45, 2.75) is 6.42 Å². The van der Waals surface area contributed by atoms with Crippen LogP contribution in [0.1, 0.15) is 5.56 Å². The minimum Gasteiger partial charge on any atom is -0.324 e. The molecule has 0 aliphatic carbocycles. The van der Waals surface area contributed by atoms with E-state index in [1.165, 1.54) is 0 Å². The normalized spacial score (nSPS) is 10.8. The molecule has 0 spiro atoms. The fourth-order valence-corrected chi connectivity index (χ4v) is 2.26. The number of carbonyl (C=O) groups excluding carboxylic acids is 1. The maximum atomic E-state index is 12.0. The Hall–Kier alpha value is -2.11. The van der Waals surface area contributed by atoms with Gasteiger partial charge < -0.3 is 5.32 Å². The number of hydrogen-bond acceptors (Lipinski definition) is 3. The van der Waals surface area contributed by atoms with E-state index in [2.05, 4.69) is 15.5 Å². The Morgan fingerprint density at radius 2 is 2.05 bits per heavy atom. The second kappa shape index (κ2) is 5.71. The molecule has 2 heterocycles. The van der Waals surface area contributed by atoms with Crippen LogP contribution >= 0.6 is 23.2 Å². The second-order valence-corrected chi connectivity index (χ2v) is 5.30. The molecule has 21 heavy (non-hydrogen) atoms. The maximum absolute atomic E-state index is 12.0. The van der Waals surface area contributed by atoms with Crippen LogP contribution in [-0.2, 0) is 11.2 Å². The molecule has 0 saturated heterocycles. The van der Waals surface area contributed by atoms with E-state index in [1.54, 1.807) is 47.3 Å². The van der Waals surface area contributed by atoms with Crippen LogP contribution in [0.5, 0.6) is 0 Å². The Morgan fingerprint density at radius 1 is 1.19 bits per heavy atom. The fourth-order valence-electron chi connectivity index (χ4n) is 1.94. The summed E-state index contributed by atoms with van der Waals surface area (Å²) in [5.74, 6) is -0.138. The van der Waals surface area contributed by atoms with E-state index in [4.69, 9.17) is 23.2 Å². The first-order valence-electron chi connectivity index (χ1n) is 6.15. The van der Waals surface area contributed by atoms with Crippen molar-refractivity contribution >= 4 is 40.4 Å². The van der Waals surface area contributed by atoms with Gasteiger partial charge in [-0.2, -0.15) is 0 Å². The smallest absolute Gasteiger partial charge is 0.228 e. The van der Waals surface area contributed by atoms with Gasteiger partial charge in [-0.15, -0.1) is 10.2 Å². The molecule has 7 heteroatoms. The Balaban J connectivity index is 1.71. The lowest BCUT2D eigenvalue weighted by atomic mass is 10.1. The molecule has 2 aromatic heterocycles. The second-order valence-electron chi connectivity index (χ2n) is 4.49. The zero-order valence-corrected chi connectivity index (χ0v) is 12.3. The van der Waals surface area contributed by atoms with Gasteiger partial charge in [0.1, 0.15) is 6.33 Å². The average molecular weight is 321 g/mol. The zero-order chi connectivity index (χ0) is 14.8. The SMILES string of the molecule is O=C(Cc1ccc(Cl)c(Cl)c1)Nc1ccc2nncn2c1. The third kappa shape index (κ3) is 3.15. The van der Waals surface area contributed by atoms with E-state index in [0.29, 0.717) is 15.7 Å². The number of anilines is 1. The van der Waals surface area contributed by atoms with Gasteiger partial charge in [0.2, 0.25) is 5.91 Å². The number of hydrogen-bond donors (Lipinski definition) is 1. The van der Waals surface area contributed by atoms with Crippen molar-refractivity contribution in [2.24, 2.45) is 0 Å². The number of aromatic nitrogens is 3. The molecule has 0 aliphatic rings. The van der Waals surface area contributed by atoms with E-state index < -0.39 is 0 Å². The van der Waals surface area contributed by atoms with Crippen LogP contribution in [0.15, 0.2) is 42.9 Å². The lowest BCUT2D eigenvalue weighted by Gasteiger charge is -2.06. The summed E-state index contributed by atoms with van der Waals surface area (Å²) in [6, 6.07) is 8.69. The highest BCUT2D eigenvalue weighted by Crippen LogP contribution is 2.23. The molecule has 1 aromatic carbocycles. The largest absolute Gasteiger partial charge is 0.324 e. The van der Waals surface area contributed by atoms with Crippen LogP contribution in [0.25, 0.3) is 5.65 Å². The number of pyridine rings is 1. The molecule has 1 amide bonds. The van der Waals surface area contributed by atoms with Gasteiger partial charge >= 0.3 is 0 Å². The Labute approximate surface area is 130 Å². The number of halogens is 2. The Morgan fingerprint density at radius 3 is 2.86 bits per heavy atom. The van der Waals surface area contributed by atoms with Crippen LogP contribution in [0.3, 0.4) is 0 Å². The predicted octanol–water partition coefficient (Wildman–Crippen LogP) is 3.22. The third-order valence-electron chi connectivity index (χ3n) is 2.92. The number of nitrogens with zero attached hydrogens (tertiary/aromatic N) is 3. The molecule has 3 rings (SSSR count). The van der Waals surface area contributed by atoms with E-state index in [9.17, 15) is 4.79 Å². The molecule has 0 aliphatic heterocycles. The average Bonchev–Trinajstić information content (AvgIpc) is 2.90. The highest BCUT2D eigenvalue weighted by molar-refractivity contribution is 6.42. The van der Waals surface area contributed by atoms with Crippen LogP contribution in [0, 0.1) is 0 Å². The van der Waals surface area contributed by atoms with Crippen LogP contribution in [0.2, 0.25) is 10.0 Å². The van der Waals surface area contributed by atoms with Crippen molar-refractivity contribution in [3.05, 3.63) is 58.5 Å². The number of nitrogens with one attached hydrogen (secondary N) is 1. The molecule has 0 fully saturated rings. The predicted molar refractivity (Wildman–Crippen MR) is 81.8 cm³/mol. The molecule has 0 atom stereocenters. The molecule has 3 aromatic rings. The number of carbonyl (C=O) groups is 1. The summed E-state index contributed by atoms with van der Waals surface area (Å²) in [5.41, 5.74) is 2.19. The third-order valence-corrected chi connectivity index (χ3v) is 3.66. The minimum absolute atomic E-state index is 0.138. The standard InChI is InChI=1S/C14H10Cl2N4O/c15-11-3-1-9(5-12(11)16)6-14(21)18-10-2-4-13-19-17-8-20(13)7-10/h1-5,7-8H,6H2,(H,18,21). The van der Waals surface area contributed by atoms with E-state index in [-0.39, 0.29) is 12.3 Å². The highest BCUT2D eigenvalue weighted by Gasteiger charge is 2.07. The summed E-state index contributed by atoms with van der Waals surface area (Å²) in [6.07, 6.45) is 3.54. The monoisotopic (exact) mass is 320 g/mol. The molecular formula is C14H10Cl2N4O. The first kappa shape index (κ1) is 13.9. The van der Waals surface area contributed by atoms with Crippen molar-refractivity contribution in [1.82, 2.24) is 14.6 Å². The quantitative estimate of drug-likeness (QED) is 0.806. The van der Waals surface area contributed by atoms with Crippen molar-refractivity contribution in [1.29, 1.82) is 0 Å². The number of fused-ring (bicyclic) bond motifs is 1. The van der Waals surface area contributed by atoms with Gasteiger partial charge in [-0.25, -0.2) is 0 Å². The molecule has 5 nitrogen and oxygen atoms in total. The molecule has 0 radical (unpaired) electrons. The summed E-state index contributed by atoms with van der Waals surface area (Å²) < 4.78 is 1.73. The summed E-state index contributed by atoms with van der Waals surface area (Å²) in [7, 11) is 0. The van der Waals surface area contributed by atoms with Gasteiger partial charge in [-0.1, -0.05) is 29.3 Å². The van der Waals surface area contributed by atoms with Gasteiger partial charge in [-0.05, 0) is 29.8 Å². The van der Waals surface area contributed by atoms with Gasteiger partial charge in [0.25, 0.3) is 0 Å². The van der Waals surface area contributed by atoms with E-state index in [0.717, 1.165) is 11.2 Å². The first-order chi connectivity index (χ1) is 10.1. The number of amides is 1. The maximum Gasteiger partial charge on any atom is 0.228 e. The summed E-state index contributed by atoms with van der Waals surface area (Å²) in [4.78, 5) is 12.0. The Kier molecular flexibility index (Phi) is 3.77. The van der Waals surface area contributed by atoms with Gasteiger partial charge in [0, 0.05) is 6.20 Å². The van der Waals surface area contributed by atoms with Crippen molar-refractivity contribution in [2.75, 3.05) is 5.32 Å². The lowest BCUT2D eigenvalue weighted by Crippen LogP contribution is -2.14. The lowest BCUT2D eigenvalue weighted by molar-refractivity contribution is -0.115. The number of rotatable bonds is 3. The molecule has 0 saturated carbocycles. The van der Waals surface area contributed by atoms with E-state index >= 15 is 0 Å². The number of benzene rings is 1. The molecule has 106 valence electrons. The van der Waals surface area contributed by atoms with Crippen LogP contribution in [0.4, 0.5) is 5.69 Å². The van der Waals surface area contributed by atoms with Crippen LogP contribution in [-0.4, -0.2) is 20.5 Å². The summed E-state index contributed by atoms with van der Waals surface area (Å²) in [6.45, 7) is 0. The van der Waals surface area contributed by atoms with Gasteiger partial charge in [0.05, 0.1) is 22.2 Å². The summed E-state index contributed by atoms with van der Waals surface area (Å²) >= 11 is 11.8. The molecule has 1 N–H and O–H groups in total. The Bertz CT molecular complexity index is 816. The van der Waals surface area contributed by atoms with Gasteiger partial charge in [-0.3, -0.25) is 9.20 Å². The van der Waals surface area contributed by atoms with Crippen molar-refractivity contribution < 1.29 is 4.79 Å². The highest BCUT2D eigenvalue weighted by atomic mass is 35.5.